The molecule has 4 aromatic rings. The first-order valence-corrected chi connectivity index (χ1v) is 15.4. The van der Waals surface area contributed by atoms with E-state index in [9.17, 15) is 13.2 Å². The monoisotopic (exact) mass is 549 g/mol. The van der Waals surface area contributed by atoms with E-state index in [0.29, 0.717) is 30.3 Å². The lowest BCUT2D eigenvalue weighted by Crippen LogP contribution is -2.43. The zero-order valence-corrected chi connectivity index (χ0v) is 23.2. The Balaban J connectivity index is 1.22. The lowest BCUT2D eigenvalue weighted by molar-refractivity contribution is -0.120. The van der Waals surface area contributed by atoms with Crippen molar-refractivity contribution in [3.63, 3.8) is 0 Å². The molecule has 2 aromatic heterocycles. The predicted octanol–water partition coefficient (Wildman–Crippen LogP) is 5.02. The molecule has 10 heteroatoms. The quantitative estimate of drug-likeness (QED) is 0.377. The molecule has 1 aliphatic carbocycles. The van der Waals surface area contributed by atoms with Gasteiger partial charge in [0, 0.05) is 19.2 Å². The molecule has 6 rings (SSSR count). The van der Waals surface area contributed by atoms with Gasteiger partial charge < -0.3 is 5.32 Å². The van der Waals surface area contributed by atoms with Gasteiger partial charge >= 0.3 is 0 Å². The van der Waals surface area contributed by atoms with Crippen LogP contribution in [0.15, 0.2) is 47.4 Å². The Morgan fingerprint density at radius 1 is 1.03 bits per heavy atom. The second-order valence-electron chi connectivity index (χ2n) is 10.4. The fourth-order valence-electron chi connectivity index (χ4n) is 5.43. The summed E-state index contributed by atoms with van der Waals surface area (Å²) < 4.78 is 30.7. The second kappa shape index (κ2) is 9.91. The number of benzene rings is 2. The van der Waals surface area contributed by atoms with Crippen LogP contribution in [0.25, 0.3) is 15.3 Å². The Morgan fingerprint density at radius 2 is 1.76 bits per heavy atom. The van der Waals surface area contributed by atoms with Gasteiger partial charge in [0.05, 0.1) is 26.7 Å². The molecule has 198 valence electrons. The van der Waals surface area contributed by atoms with E-state index >= 15 is 0 Å². The van der Waals surface area contributed by atoms with E-state index in [1.165, 1.54) is 28.3 Å². The maximum absolute atomic E-state index is 13.4. The van der Waals surface area contributed by atoms with Crippen LogP contribution in [0.3, 0.4) is 0 Å². The van der Waals surface area contributed by atoms with Crippen LogP contribution in [0, 0.1) is 19.8 Å². The highest BCUT2D eigenvalue weighted by atomic mass is 32.2. The molecule has 1 aliphatic heterocycles. The number of piperidine rings is 1. The number of rotatable bonds is 5. The van der Waals surface area contributed by atoms with Crippen molar-refractivity contribution in [3.05, 3.63) is 64.8 Å². The standard InChI is InChI=1S/C28H31N5O3S2/c1-18-9-11-23(12-10-18)38(35,36)32-13-5-8-22(17-32)27(34)30-26-14-19(2)31-33(26)28-29-24-15-20-6-3-4-7-21(20)16-25(24)37-28/h9-12,14-16,22H,3-8,13,17H2,1-2H3,(H,30,34). The van der Waals surface area contributed by atoms with E-state index in [4.69, 9.17) is 4.98 Å². The van der Waals surface area contributed by atoms with Crippen LogP contribution >= 0.6 is 11.3 Å². The van der Waals surface area contributed by atoms with Crippen LogP contribution in [0.5, 0.6) is 0 Å². The van der Waals surface area contributed by atoms with Crippen molar-refractivity contribution in [2.24, 2.45) is 5.92 Å². The molecule has 2 aliphatic rings. The third-order valence-electron chi connectivity index (χ3n) is 7.52. The van der Waals surface area contributed by atoms with Crippen molar-refractivity contribution in [2.75, 3.05) is 18.4 Å². The first kappa shape index (κ1) is 25.2. The summed E-state index contributed by atoms with van der Waals surface area (Å²) in [6.07, 6.45) is 5.91. The number of hydrogen-bond donors (Lipinski definition) is 1. The Hall–Kier alpha value is -3.08. The van der Waals surface area contributed by atoms with Crippen molar-refractivity contribution in [1.82, 2.24) is 19.1 Å². The molecule has 3 heterocycles. The van der Waals surface area contributed by atoms with Gasteiger partial charge in [-0.05, 0) is 87.8 Å². The highest BCUT2D eigenvalue weighted by Gasteiger charge is 2.34. The highest BCUT2D eigenvalue weighted by molar-refractivity contribution is 7.89. The van der Waals surface area contributed by atoms with Crippen LogP contribution in [-0.2, 0) is 27.7 Å². The SMILES string of the molecule is Cc1ccc(S(=O)(=O)N2CCCC(C(=O)Nc3cc(C)nn3-c3nc4cc5c(cc4s3)CCCC5)C2)cc1. The second-order valence-corrected chi connectivity index (χ2v) is 13.3. The number of sulfonamides is 1. The summed E-state index contributed by atoms with van der Waals surface area (Å²) >= 11 is 1.57. The molecule has 8 nitrogen and oxygen atoms in total. The molecule has 0 bridgehead atoms. The molecule has 1 N–H and O–H groups in total. The number of amides is 1. The molecule has 1 atom stereocenters. The van der Waals surface area contributed by atoms with Crippen LogP contribution in [-0.4, -0.2) is 46.5 Å². The molecule has 1 saturated heterocycles. The largest absolute Gasteiger partial charge is 0.310 e. The molecule has 2 aromatic carbocycles. The normalized spacial score (nSPS) is 18.4. The molecule has 0 saturated carbocycles. The van der Waals surface area contributed by atoms with Gasteiger partial charge in [0.25, 0.3) is 0 Å². The average molecular weight is 550 g/mol. The van der Waals surface area contributed by atoms with E-state index in [1.54, 1.807) is 40.3 Å². The summed E-state index contributed by atoms with van der Waals surface area (Å²) in [5.74, 6) is -0.101. The van der Waals surface area contributed by atoms with Crippen LogP contribution < -0.4 is 5.32 Å². The van der Waals surface area contributed by atoms with Crippen LogP contribution in [0.2, 0.25) is 0 Å². The number of carbonyl (C=O) groups excluding carboxylic acids is 1. The number of nitrogens with zero attached hydrogens (tertiary/aromatic N) is 4. The Labute approximate surface area is 226 Å². The van der Waals surface area contributed by atoms with Gasteiger partial charge in [0.1, 0.15) is 5.82 Å². The van der Waals surface area contributed by atoms with Gasteiger partial charge in [-0.15, -0.1) is 0 Å². The topological polar surface area (TPSA) is 97.2 Å². The number of fused-ring (bicyclic) bond motifs is 2. The molecule has 1 amide bonds. The third-order valence-corrected chi connectivity index (χ3v) is 10.4. The Morgan fingerprint density at radius 3 is 2.53 bits per heavy atom. The van der Waals surface area contributed by atoms with E-state index in [-0.39, 0.29) is 17.3 Å². The van der Waals surface area contributed by atoms with Crippen molar-refractivity contribution < 1.29 is 13.2 Å². The minimum absolute atomic E-state index is 0.155. The lowest BCUT2D eigenvalue weighted by atomic mass is 9.92. The number of aryl methyl sites for hydroxylation is 4. The average Bonchev–Trinajstić information content (AvgIpc) is 3.49. The van der Waals surface area contributed by atoms with Crippen LogP contribution in [0.1, 0.15) is 48.1 Å². The van der Waals surface area contributed by atoms with Crippen molar-refractivity contribution in [2.45, 2.75) is 57.3 Å². The summed E-state index contributed by atoms with van der Waals surface area (Å²) in [5.41, 5.74) is 5.52. The van der Waals surface area contributed by atoms with E-state index in [2.05, 4.69) is 22.5 Å². The molecule has 38 heavy (non-hydrogen) atoms. The molecular weight excluding hydrogens is 518 g/mol. The van der Waals surface area contributed by atoms with Gasteiger partial charge in [-0.2, -0.15) is 14.1 Å². The predicted molar refractivity (Wildman–Crippen MR) is 149 cm³/mol. The van der Waals surface area contributed by atoms with Gasteiger partial charge in [-0.3, -0.25) is 4.79 Å². The first-order valence-electron chi connectivity index (χ1n) is 13.1. The number of thiazole rings is 1. The van der Waals surface area contributed by atoms with Gasteiger partial charge in [0.2, 0.25) is 21.1 Å². The minimum atomic E-state index is -3.66. The number of carbonyl (C=O) groups is 1. The van der Waals surface area contributed by atoms with Gasteiger partial charge in [-0.25, -0.2) is 13.4 Å². The van der Waals surface area contributed by atoms with E-state index in [1.807, 2.05) is 19.9 Å². The number of nitrogens with one attached hydrogen (secondary N) is 1. The fraction of sp³-hybridized carbons (Fsp3) is 0.393. The number of aromatic nitrogens is 3. The van der Waals surface area contributed by atoms with E-state index < -0.39 is 15.9 Å². The maximum Gasteiger partial charge on any atom is 0.243 e. The molecule has 0 spiro atoms. The van der Waals surface area contributed by atoms with E-state index in [0.717, 1.165) is 34.3 Å². The van der Waals surface area contributed by atoms with Crippen molar-refractivity contribution >= 4 is 43.3 Å². The van der Waals surface area contributed by atoms with Crippen molar-refractivity contribution in [1.29, 1.82) is 0 Å². The zero-order valence-electron chi connectivity index (χ0n) is 21.6. The maximum atomic E-state index is 13.4. The third kappa shape index (κ3) is 4.76. The van der Waals surface area contributed by atoms with Gasteiger partial charge in [0.15, 0.2) is 0 Å². The summed E-state index contributed by atoms with van der Waals surface area (Å²) in [5, 5.41) is 8.35. The van der Waals surface area contributed by atoms with Gasteiger partial charge in [-0.1, -0.05) is 29.0 Å². The zero-order chi connectivity index (χ0) is 26.4. The number of anilines is 1. The lowest BCUT2D eigenvalue weighted by Gasteiger charge is -2.31. The Kier molecular flexibility index (Phi) is 6.57. The number of hydrogen-bond acceptors (Lipinski definition) is 6. The molecular formula is C28H31N5O3S2. The summed E-state index contributed by atoms with van der Waals surface area (Å²) in [4.78, 5) is 18.5. The van der Waals surface area contributed by atoms with Crippen LogP contribution in [0.4, 0.5) is 5.82 Å². The summed E-state index contributed by atoms with van der Waals surface area (Å²) in [6, 6.07) is 13.1. The molecule has 1 unspecified atom stereocenters. The first-order chi connectivity index (χ1) is 18.3. The highest BCUT2D eigenvalue weighted by Crippen LogP contribution is 2.33. The summed E-state index contributed by atoms with van der Waals surface area (Å²) in [7, 11) is -3.66. The fourth-order valence-corrected chi connectivity index (χ4v) is 7.93. The summed E-state index contributed by atoms with van der Waals surface area (Å²) in [6.45, 7) is 4.37. The van der Waals surface area contributed by atoms with Crippen molar-refractivity contribution in [3.8, 4) is 5.13 Å². The molecule has 1 fully saturated rings. The Bertz CT molecular complexity index is 1580. The minimum Gasteiger partial charge on any atom is -0.310 e. The smallest absolute Gasteiger partial charge is 0.243 e. The molecule has 0 radical (unpaired) electrons.